The van der Waals surface area contributed by atoms with Crippen LogP contribution in [0, 0.1) is 0 Å². The number of ether oxygens (including phenoxy) is 2. The molecule has 0 saturated heterocycles. The summed E-state index contributed by atoms with van der Waals surface area (Å²) in [6.07, 6.45) is -0.403. The van der Waals surface area contributed by atoms with Gasteiger partial charge >= 0.3 is 5.97 Å². The van der Waals surface area contributed by atoms with Crippen molar-refractivity contribution in [2.75, 3.05) is 14.2 Å². The number of benzene rings is 2. The van der Waals surface area contributed by atoms with Gasteiger partial charge in [-0.2, -0.15) is 0 Å². The SMILES string of the molecule is COC(=O)C(C)NC(=O)C(CC(N)=O)NC(=O)Cc1ccc2cc(OC)ccc2c1. The molecule has 0 aliphatic heterocycles. The summed E-state index contributed by atoms with van der Waals surface area (Å²) < 4.78 is 9.74. The number of hydrogen-bond acceptors (Lipinski definition) is 6. The Kier molecular flexibility index (Phi) is 7.74. The molecule has 3 amide bonds. The fourth-order valence-electron chi connectivity index (χ4n) is 2.90. The summed E-state index contributed by atoms with van der Waals surface area (Å²) in [5.41, 5.74) is 5.92. The Morgan fingerprint density at radius 1 is 1.00 bits per heavy atom. The van der Waals surface area contributed by atoms with Crippen molar-refractivity contribution in [1.82, 2.24) is 10.6 Å². The number of methoxy groups -OCH3 is 2. The third-order valence-electron chi connectivity index (χ3n) is 4.45. The maximum absolute atomic E-state index is 12.5. The minimum Gasteiger partial charge on any atom is -0.497 e. The van der Waals surface area contributed by atoms with Gasteiger partial charge in [0.05, 0.1) is 27.1 Å². The third-order valence-corrected chi connectivity index (χ3v) is 4.45. The van der Waals surface area contributed by atoms with E-state index >= 15 is 0 Å². The molecule has 0 spiro atoms. The van der Waals surface area contributed by atoms with Gasteiger partial charge in [0.15, 0.2) is 0 Å². The van der Waals surface area contributed by atoms with Crippen molar-refractivity contribution in [3.63, 3.8) is 0 Å². The first-order valence-corrected chi connectivity index (χ1v) is 9.26. The lowest BCUT2D eigenvalue weighted by Gasteiger charge is -2.19. The van der Waals surface area contributed by atoms with E-state index in [1.165, 1.54) is 14.0 Å². The number of esters is 1. The average molecular weight is 415 g/mol. The van der Waals surface area contributed by atoms with E-state index in [1.807, 2.05) is 30.3 Å². The highest BCUT2D eigenvalue weighted by molar-refractivity contribution is 5.94. The van der Waals surface area contributed by atoms with Crippen molar-refractivity contribution >= 4 is 34.5 Å². The number of carbonyl (C=O) groups is 4. The second-order valence-electron chi connectivity index (χ2n) is 6.77. The van der Waals surface area contributed by atoms with Gasteiger partial charge in [0.25, 0.3) is 0 Å². The van der Waals surface area contributed by atoms with Crippen LogP contribution in [0.25, 0.3) is 10.8 Å². The quantitative estimate of drug-likeness (QED) is 0.508. The molecule has 0 saturated carbocycles. The Morgan fingerprint density at radius 2 is 1.67 bits per heavy atom. The van der Waals surface area contributed by atoms with Crippen molar-refractivity contribution in [1.29, 1.82) is 0 Å². The van der Waals surface area contributed by atoms with E-state index in [1.54, 1.807) is 13.2 Å². The lowest BCUT2D eigenvalue weighted by molar-refractivity contribution is -0.144. The van der Waals surface area contributed by atoms with E-state index < -0.39 is 42.2 Å². The number of nitrogens with two attached hydrogens (primary N) is 1. The van der Waals surface area contributed by atoms with Crippen LogP contribution >= 0.6 is 0 Å². The molecular formula is C21H25N3O6. The topological polar surface area (TPSA) is 137 Å². The Bertz CT molecular complexity index is 959. The lowest BCUT2D eigenvalue weighted by atomic mass is 10.0. The zero-order valence-corrected chi connectivity index (χ0v) is 17.1. The maximum atomic E-state index is 12.5. The molecule has 2 atom stereocenters. The average Bonchev–Trinajstić information content (AvgIpc) is 2.71. The molecule has 2 aromatic carbocycles. The fourth-order valence-corrected chi connectivity index (χ4v) is 2.90. The van der Waals surface area contributed by atoms with Gasteiger partial charge in [0, 0.05) is 0 Å². The highest BCUT2D eigenvalue weighted by Gasteiger charge is 2.26. The smallest absolute Gasteiger partial charge is 0.328 e. The summed E-state index contributed by atoms with van der Waals surface area (Å²) >= 11 is 0. The molecule has 0 radical (unpaired) electrons. The second-order valence-corrected chi connectivity index (χ2v) is 6.77. The predicted octanol–water partition coefficient (Wildman–Crippen LogP) is 0.429. The van der Waals surface area contributed by atoms with Gasteiger partial charge in [0.2, 0.25) is 17.7 Å². The molecule has 9 heteroatoms. The van der Waals surface area contributed by atoms with Crippen molar-refractivity contribution in [2.24, 2.45) is 5.73 Å². The first-order chi connectivity index (χ1) is 14.2. The Morgan fingerprint density at radius 3 is 2.30 bits per heavy atom. The van der Waals surface area contributed by atoms with Crippen molar-refractivity contribution < 1.29 is 28.7 Å². The summed E-state index contributed by atoms with van der Waals surface area (Å²) in [5.74, 6) is -1.85. The number of fused-ring (bicyclic) bond motifs is 1. The van der Waals surface area contributed by atoms with E-state index in [9.17, 15) is 19.2 Å². The first kappa shape index (κ1) is 22.7. The second kappa shape index (κ2) is 10.2. The minimum absolute atomic E-state index is 0.00291. The zero-order valence-electron chi connectivity index (χ0n) is 17.1. The van der Waals surface area contributed by atoms with Gasteiger partial charge in [-0.1, -0.05) is 24.3 Å². The van der Waals surface area contributed by atoms with E-state index in [2.05, 4.69) is 15.4 Å². The van der Waals surface area contributed by atoms with Crippen LogP contribution in [-0.2, 0) is 30.3 Å². The highest BCUT2D eigenvalue weighted by atomic mass is 16.5. The molecule has 0 bridgehead atoms. The van der Waals surface area contributed by atoms with E-state index in [-0.39, 0.29) is 6.42 Å². The first-order valence-electron chi connectivity index (χ1n) is 9.26. The van der Waals surface area contributed by atoms with Gasteiger partial charge in [-0.15, -0.1) is 0 Å². The number of amides is 3. The number of hydrogen-bond donors (Lipinski definition) is 3. The van der Waals surface area contributed by atoms with Crippen LogP contribution in [-0.4, -0.2) is 50.0 Å². The minimum atomic E-state index is -1.20. The molecule has 30 heavy (non-hydrogen) atoms. The summed E-state index contributed by atoms with van der Waals surface area (Å²) in [4.78, 5) is 47.6. The molecule has 0 aliphatic rings. The van der Waals surface area contributed by atoms with Crippen molar-refractivity contribution in [2.45, 2.75) is 31.8 Å². The lowest BCUT2D eigenvalue weighted by Crippen LogP contribution is -2.52. The van der Waals surface area contributed by atoms with Gasteiger partial charge in [-0.25, -0.2) is 4.79 Å². The summed E-state index contributed by atoms with van der Waals surface area (Å²) in [6.45, 7) is 1.43. The largest absolute Gasteiger partial charge is 0.497 e. The molecule has 0 aliphatic carbocycles. The number of rotatable bonds is 9. The van der Waals surface area contributed by atoms with Crippen molar-refractivity contribution in [3.05, 3.63) is 42.0 Å². The van der Waals surface area contributed by atoms with Crippen LogP contribution in [0.3, 0.4) is 0 Å². The van der Waals surface area contributed by atoms with E-state index in [4.69, 9.17) is 10.5 Å². The number of primary amides is 1. The van der Waals surface area contributed by atoms with Crippen LogP contribution in [0.5, 0.6) is 5.75 Å². The van der Waals surface area contributed by atoms with Crippen LogP contribution < -0.4 is 21.1 Å². The van der Waals surface area contributed by atoms with Gasteiger partial charge in [0.1, 0.15) is 17.8 Å². The molecule has 2 rings (SSSR count). The molecule has 4 N–H and O–H groups in total. The molecule has 2 unspecified atom stereocenters. The maximum Gasteiger partial charge on any atom is 0.328 e. The fraction of sp³-hybridized carbons (Fsp3) is 0.333. The Hall–Kier alpha value is -3.62. The molecule has 9 nitrogen and oxygen atoms in total. The van der Waals surface area contributed by atoms with Crippen LogP contribution in [0.1, 0.15) is 18.9 Å². The summed E-state index contributed by atoms with van der Waals surface area (Å²) in [6, 6.07) is 8.97. The summed E-state index contributed by atoms with van der Waals surface area (Å²) in [5, 5.41) is 6.78. The summed E-state index contributed by atoms with van der Waals surface area (Å²) in [7, 11) is 2.78. The van der Waals surface area contributed by atoms with E-state index in [0.717, 1.165) is 22.1 Å². The zero-order chi connectivity index (χ0) is 22.3. The van der Waals surface area contributed by atoms with Crippen molar-refractivity contribution in [3.8, 4) is 5.75 Å². The predicted molar refractivity (Wildman–Crippen MR) is 110 cm³/mol. The van der Waals surface area contributed by atoms with Gasteiger partial charge in [-0.05, 0) is 35.4 Å². The Balaban J connectivity index is 2.07. The molecular weight excluding hydrogens is 390 g/mol. The number of carbonyl (C=O) groups excluding carboxylic acids is 4. The molecule has 2 aromatic rings. The molecule has 160 valence electrons. The molecule has 0 aromatic heterocycles. The van der Waals surface area contributed by atoms with Crippen LogP contribution in [0.15, 0.2) is 36.4 Å². The van der Waals surface area contributed by atoms with Gasteiger partial charge < -0.3 is 25.8 Å². The monoisotopic (exact) mass is 415 g/mol. The van der Waals surface area contributed by atoms with Gasteiger partial charge in [-0.3, -0.25) is 14.4 Å². The standard InChI is InChI=1S/C21H25N3O6/c1-12(21(28)30-3)23-20(27)17(11-18(22)25)24-19(26)9-13-4-5-15-10-16(29-2)7-6-14(15)8-13/h4-8,10,12,17H,9,11H2,1-3H3,(H2,22,25)(H,23,27)(H,24,26). The molecule has 0 heterocycles. The van der Waals surface area contributed by atoms with Crippen LogP contribution in [0.2, 0.25) is 0 Å². The Labute approximate surface area is 173 Å². The molecule has 0 fully saturated rings. The number of nitrogens with one attached hydrogen (secondary N) is 2. The highest BCUT2D eigenvalue weighted by Crippen LogP contribution is 2.22. The third kappa shape index (κ3) is 6.20. The van der Waals surface area contributed by atoms with E-state index in [0.29, 0.717) is 0 Å². The van der Waals surface area contributed by atoms with Crippen LogP contribution in [0.4, 0.5) is 0 Å². The normalized spacial score (nSPS) is 12.5.